The molecule has 0 bridgehead atoms. The molecule has 0 saturated carbocycles. The minimum Gasteiger partial charge on any atom is -0.310 e. The Morgan fingerprint density at radius 2 is 0.594 bits per heavy atom. The predicted molar refractivity (Wildman–Crippen MR) is 296 cm³/mol. The van der Waals surface area contributed by atoms with E-state index in [1.54, 1.807) is 0 Å². The number of hydrogen-bond acceptors (Lipinski definition) is 1. The molecule has 0 aliphatic heterocycles. The maximum atomic E-state index is 2.42. The van der Waals surface area contributed by atoms with E-state index in [1.165, 1.54) is 104 Å². The van der Waals surface area contributed by atoms with Gasteiger partial charge in [0.05, 0.1) is 0 Å². The number of hydrogen-bond donors (Lipinski definition) is 0. The van der Waals surface area contributed by atoms with Gasteiger partial charge in [0, 0.05) is 17.1 Å². The van der Waals surface area contributed by atoms with Crippen molar-refractivity contribution >= 4 is 70.9 Å². The van der Waals surface area contributed by atoms with Crippen LogP contribution in [0.5, 0.6) is 0 Å². The molecule has 13 aromatic carbocycles. The van der Waals surface area contributed by atoms with Crippen LogP contribution in [0.15, 0.2) is 273 Å². The number of benzene rings is 13. The number of rotatable bonds is 8. The van der Waals surface area contributed by atoms with Gasteiger partial charge >= 0.3 is 0 Å². The minimum atomic E-state index is 1.08. The molecule has 0 radical (unpaired) electrons. The van der Waals surface area contributed by atoms with Crippen LogP contribution in [0.4, 0.5) is 17.1 Å². The lowest BCUT2D eigenvalue weighted by atomic mass is 9.84. The van der Waals surface area contributed by atoms with Gasteiger partial charge in [0.25, 0.3) is 0 Å². The average molecular weight is 876 g/mol. The van der Waals surface area contributed by atoms with Gasteiger partial charge in [0.15, 0.2) is 0 Å². The second kappa shape index (κ2) is 17.0. The average Bonchev–Trinajstić information content (AvgIpc) is 3.43. The maximum absolute atomic E-state index is 2.42. The highest BCUT2D eigenvalue weighted by Gasteiger charge is 2.20. The minimum absolute atomic E-state index is 1.08. The van der Waals surface area contributed by atoms with E-state index in [-0.39, 0.29) is 0 Å². The van der Waals surface area contributed by atoms with Crippen molar-refractivity contribution < 1.29 is 0 Å². The molecular formula is C68H45N. The first-order valence-electron chi connectivity index (χ1n) is 23.8. The summed E-state index contributed by atoms with van der Waals surface area (Å²) in [6.07, 6.45) is 0. The Hall–Kier alpha value is -9.04. The molecule has 0 aromatic heterocycles. The van der Waals surface area contributed by atoms with Crippen LogP contribution < -0.4 is 4.90 Å². The third kappa shape index (κ3) is 7.29. The molecule has 0 heterocycles. The summed E-state index contributed by atoms with van der Waals surface area (Å²) >= 11 is 0. The van der Waals surface area contributed by atoms with Crippen LogP contribution >= 0.6 is 0 Å². The first-order chi connectivity index (χ1) is 34.2. The zero-order valence-electron chi connectivity index (χ0n) is 37.9. The molecule has 0 atom stereocenters. The summed E-state index contributed by atoms with van der Waals surface area (Å²) in [5.74, 6) is 0. The van der Waals surface area contributed by atoms with Gasteiger partial charge in [-0.1, -0.05) is 218 Å². The third-order valence-corrected chi connectivity index (χ3v) is 14.0. The van der Waals surface area contributed by atoms with Crippen molar-refractivity contribution in [3.63, 3.8) is 0 Å². The highest BCUT2D eigenvalue weighted by atomic mass is 15.1. The van der Waals surface area contributed by atoms with E-state index in [0.717, 1.165) is 22.6 Å². The van der Waals surface area contributed by atoms with E-state index in [9.17, 15) is 0 Å². The second-order valence-electron chi connectivity index (χ2n) is 18.1. The molecule has 13 aromatic rings. The molecule has 69 heavy (non-hydrogen) atoms. The van der Waals surface area contributed by atoms with Crippen molar-refractivity contribution in [2.75, 3.05) is 4.90 Å². The lowest BCUT2D eigenvalue weighted by Gasteiger charge is -2.27. The molecular weight excluding hydrogens is 831 g/mol. The summed E-state index contributed by atoms with van der Waals surface area (Å²) in [6.45, 7) is 0. The van der Waals surface area contributed by atoms with Crippen LogP contribution in [0.2, 0.25) is 0 Å². The van der Waals surface area contributed by atoms with Crippen molar-refractivity contribution in [3.8, 4) is 55.6 Å². The molecule has 0 aliphatic carbocycles. The zero-order valence-corrected chi connectivity index (χ0v) is 37.9. The van der Waals surface area contributed by atoms with E-state index in [0.29, 0.717) is 0 Å². The van der Waals surface area contributed by atoms with Crippen LogP contribution in [0, 0.1) is 0 Å². The van der Waals surface area contributed by atoms with Crippen molar-refractivity contribution in [3.05, 3.63) is 273 Å². The molecule has 1 heteroatoms. The summed E-state index contributed by atoms with van der Waals surface area (Å²) in [6, 6.07) is 100. The first kappa shape index (κ1) is 40.3. The lowest BCUT2D eigenvalue weighted by molar-refractivity contribution is 1.28. The standard InChI is InChI=1S/C68H45N/c1-3-17-49(18-4-1)67-65-28-12-11-27-63(65)64-40-36-56(45-66(64)68(67)50-19-5-2-6-20-50)53-23-14-25-60(44-53)69(59-24-13-22-52(43-59)55-31-29-46-15-7-8-21-51(46)41-55)58-37-33-47(34-38-58)54-35-39-62-57(42-54)32-30-48-16-9-10-26-61(48)62/h1-45H. The second-order valence-corrected chi connectivity index (χ2v) is 18.1. The Balaban J connectivity index is 0.958. The largest absolute Gasteiger partial charge is 0.310 e. The predicted octanol–water partition coefficient (Wildman–Crippen LogP) is 19.3. The fourth-order valence-electron chi connectivity index (χ4n) is 10.6. The Morgan fingerprint density at radius 1 is 0.174 bits per heavy atom. The summed E-state index contributed by atoms with van der Waals surface area (Å²) in [4.78, 5) is 2.40. The van der Waals surface area contributed by atoms with Gasteiger partial charge < -0.3 is 4.90 Å². The quantitative estimate of drug-likeness (QED) is 0.138. The molecule has 0 spiro atoms. The molecule has 322 valence electrons. The summed E-state index contributed by atoms with van der Waals surface area (Å²) in [5, 5.41) is 12.5. The van der Waals surface area contributed by atoms with Gasteiger partial charge in [-0.3, -0.25) is 0 Å². The van der Waals surface area contributed by atoms with Crippen LogP contribution in [0.3, 0.4) is 0 Å². The fourth-order valence-corrected chi connectivity index (χ4v) is 10.6. The molecule has 0 saturated heterocycles. The smallest absolute Gasteiger partial charge is 0.0467 e. The van der Waals surface area contributed by atoms with Gasteiger partial charge in [-0.15, -0.1) is 0 Å². The van der Waals surface area contributed by atoms with Crippen LogP contribution in [0.25, 0.3) is 109 Å². The van der Waals surface area contributed by atoms with Crippen molar-refractivity contribution in [1.82, 2.24) is 0 Å². The van der Waals surface area contributed by atoms with E-state index < -0.39 is 0 Å². The first-order valence-corrected chi connectivity index (χ1v) is 23.8. The van der Waals surface area contributed by atoms with Gasteiger partial charge in [0.1, 0.15) is 0 Å². The fraction of sp³-hybridized carbons (Fsp3) is 0. The lowest BCUT2D eigenvalue weighted by Crippen LogP contribution is -2.10. The third-order valence-electron chi connectivity index (χ3n) is 14.0. The van der Waals surface area contributed by atoms with Gasteiger partial charge in [0.2, 0.25) is 0 Å². The monoisotopic (exact) mass is 875 g/mol. The zero-order chi connectivity index (χ0) is 45.7. The Kier molecular flexibility index (Phi) is 9.91. The summed E-state index contributed by atoms with van der Waals surface area (Å²) in [7, 11) is 0. The number of nitrogens with zero attached hydrogens (tertiary/aromatic N) is 1. The van der Waals surface area contributed by atoms with E-state index in [1.807, 2.05) is 0 Å². The normalized spacial score (nSPS) is 11.5. The molecule has 1 nitrogen and oxygen atoms in total. The highest BCUT2D eigenvalue weighted by molar-refractivity contribution is 6.22. The topological polar surface area (TPSA) is 3.24 Å². The summed E-state index contributed by atoms with van der Waals surface area (Å²) < 4.78 is 0. The van der Waals surface area contributed by atoms with Crippen LogP contribution in [-0.4, -0.2) is 0 Å². The maximum Gasteiger partial charge on any atom is 0.0467 e. The molecule has 0 aliphatic rings. The highest BCUT2D eigenvalue weighted by Crippen LogP contribution is 2.46. The van der Waals surface area contributed by atoms with Gasteiger partial charge in [-0.05, 0) is 164 Å². The Bertz CT molecular complexity index is 4060. The molecule has 13 rings (SSSR count). The SMILES string of the molecule is c1ccc(-c2c(-c3ccccc3)c3cc(-c4cccc(N(c5ccc(-c6ccc7c(ccc8ccccc87)c6)cc5)c5cccc(-c6ccc7ccccc7c6)c5)c4)ccc3c3ccccc23)cc1. The van der Waals surface area contributed by atoms with Crippen molar-refractivity contribution in [2.45, 2.75) is 0 Å². The number of fused-ring (bicyclic) bond motifs is 7. The van der Waals surface area contributed by atoms with Crippen LogP contribution in [0.1, 0.15) is 0 Å². The van der Waals surface area contributed by atoms with Crippen molar-refractivity contribution in [2.24, 2.45) is 0 Å². The van der Waals surface area contributed by atoms with Crippen LogP contribution in [-0.2, 0) is 0 Å². The van der Waals surface area contributed by atoms with E-state index in [2.05, 4.69) is 278 Å². The van der Waals surface area contributed by atoms with Gasteiger partial charge in [-0.2, -0.15) is 0 Å². The molecule has 0 fully saturated rings. The number of anilines is 3. The molecule has 0 unspecified atom stereocenters. The summed E-state index contributed by atoms with van der Waals surface area (Å²) in [5.41, 5.74) is 15.2. The molecule has 0 amide bonds. The van der Waals surface area contributed by atoms with Gasteiger partial charge in [-0.25, -0.2) is 0 Å². The molecule has 0 N–H and O–H groups in total. The van der Waals surface area contributed by atoms with E-state index >= 15 is 0 Å². The Labute approximate surface area is 402 Å². The van der Waals surface area contributed by atoms with Crippen molar-refractivity contribution in [1.29, 1.82) is 0 Å². The Morgan fingerprint density at radius 3 is 1.29 bits per heavy atom. The van der Waals surface area contributed by atoms with E-state index in [4.69, 9.17) is 0 Å².